The summed E-state index contributed by atoms with van der Waals surface area (Å²) in [5.41, 5.74) is 0.951. The van der Waals surface area contributed by atoms with Gasteiger partial charge in [-0.2, -0.15) is 0 Å². The smallest absolute Gasteiger partial charge is 0.338 e. The number of ether oxygens (including phenoxy) is 1. The predicted octanol–water partition coefficient (Wildman–Crippen LogP) is 2.56. The summed E-state index contributed by atoms with van der Waals surface area (Å²) in [5, 5.41) is 2.69. The average molecular weight is 469 g/mol. The first-order chi connectivity index (χ1) is 13.1. The van der Waals surface area contributed by atoms with Gasteiger partial charge in [0, 0.05) is 25.1 Å². The van der Waals surface area contributed by atoms with Crippen LogP contribution in [0.2, 0.25) is 0 Å². The number of rotatable bonds is 7. The van der Waals surface area contributed by atoms with E-state index in [-0.39, 0.29) is 10.5 Å². The summed E-state index contributed by atoms with van der Waals surface area (Å²) in [4.78, 5) is 24.5. The van der Waals surface area contributed by atoms with Gasteiger partial charge in [-0.3, -0.25) is 4.79 Å². The second-order valence-corrected chi connectivity index (χ2v) is 9.16. The molecule has 28 heavy (non-hydrogen) atoms. The standard InChI is InChI=1S/C19H21BrN2O5S/c1-13(18(23)21-12-14-7-5-4-6-8-14)27-19(24)15-9-10-16(20)17(11-15)28(25,26)22(2)3/h4-11,13H,12H2,1-3H3,(H,21,23). The molecule has 2 rings (SSSR count). The average Bonchev–Trinajstić information content (AvgIpc) is 2.66. The lowest BCUT2D eigenvalue weighted by Gasteiger charge is -2.16. The summed E-state index contributed by atoms with van der Waals surface area (Å²) in [6, 6.07) is 13.4. The van der Waals surface area contributed by atoms with Gasteiger partial charge >= 0.3 is 5.97 Å². The van der Waals surface area contributed by atoms with E-state index in [0.29, 0.717) is 11.0 Å². The van der Waals surface area contributed by atoms with E-state index in [2.05, 4.69) is 21.2 Å². The molecule has 0 radical (unpaired) electrons. The molecule has 9 heteroatoms. The van der Waals surface area contributed by atoms with Gasteiger partial charge in [-0.05, 0) is 46.6 Å². The van der Waals surface area contributed by atoms with E-state index < -0.39 is 28.0 Å². The minimum Gasteiger partial charge on any atom is -0.449 e. The second-order valence-electron chi connectivity index (χ2n) is 6.18. The van der Waals surface area contributed by atoms with Crippen LogP contribution in [0.1, 0.15) is 22.8 Å². The molecule has 150 valence electrons. The van der Waals surface area contributed by atoms with Gasteiger partial charge in [0.2, 0.25) is 10.0 Å². The Balaban J connectivity index is 2.06. The molecule has 2 aromatic carbocycles. The molecule has 0 bridgehead atoms. The van der Waals surface area contributed by atoms with Crippen LogP contribution in [-0.4, -0.2) is 44.8 Å². The Morgan fingerprint density at radius 1 is 1.14 bits per heavy atom. The van der Waals surface area contributed by atoms with Gasteiger partial charge in [-0.15, -0.1) is 0 Å². The molecule has 1 N–H and O–H groups in total. The zero-order valence-corrected chi connectivity index (χ0v) is 18.1. The number of hydrogen-bond acceptors (Lipinski definition) is 5. The molecule has 0 aliphatic carbocycles. The number of esters is 1. The molecule has 0 fully saturated rings. The Morgan fingerprint density at radius 3 is 2.39 bits per heavy atom. The predicted molar refractivity (Wildman–Crippen MR) is 108 cm³/mol. The molecule has 1 unspecified atom stereocenters. The van der Waals surface area contributed by atoms with Crippen LogP contribution in [0.4, 0.5) is 0 Å². The number of benzene rings is 2. The quantitative estimate of drug-likeness (QED) is 0.630. The van der Waals surface area contributed by atoms with Gasteiger partial charge in [0.25, 0.3) is 5.91 Å². The molecule has 7 nitrogen and oxygen atoms in total. The number of nitrogens with zero attached hydrogens (tertiary/aromatic N) is 1. The molecule has 0 aliphatic rings. The van der Waals surface area contributed by atoms with E-state index in [1.807, 2.05) is 30.3 Å². The topological polar surface area (TPSA) is 92.8 Å². The van der Waals surface area contributed by atoms with Gasteiger partial charge in [-0.25, -0.2) is 17.5 Å². The molecule has 1 amide bonds. The fraction of sp³-hybridized carbons (Fsp3) is 0.263. The van der Waals surface area contributed by atoms with Crippen LogP contribution >= 0.6 is 15.9 Å². The van der Waals surface area contributed by atoms with Crippen molar-refractivity contribution < 1.29 is 22.7 Å². The van der Waals surface area contributed by atoms with Crippen molar-refractivity contribution in [2.45, 2.75) is 24.5 Å². The maximum Gasteiger partial charge on any atom is 0.338 e. The summed E-state index contributed by atoms with van der Waals surface area (Å²) in [7, 11) is -0.959. The second kappa shape index (κ2) is 9.31. The Kier molecular flexibility index (Phi) is 7.34. The Bertz CT molecular complexity index is 962. The summed E-state index contributed by atoms with van der Waals surface area (Å²) >= 11 is 3.18. The lowest BCUT2D eigenvalue weighted by Crippen LogP contribution is -2.35. The SMILES string of the molecule is CC(OC(=O)c1ccc(Br)c(S(=O)(=O)N(C)C)c1)C(=O)NCc1ccccc1. The lowest BCUT2D eigenvalue weighted by atomic mass is 10.2. The van der Waals surface area contributed by atoms with Crippen molar-refractivity contribution in [2.75, 3.05) is 14.1 Å². The minimum atomic E-state index is -3.75. The number of carbonyl (C=O) groups excluding carboxylic acids is 2. The van der Waals surface area contributed by atoms with Crippen molar-refractivity contribution >= 4 is 37.8 Å². The zero-order valence-electron chi connectivity index (χ0n) is 15.7. The van der Waals surface area contributed by atoms with Crippen LogP contribution in [-0.2, 0) is 26.1 Å². The van der Waals surface area contributed by atoms with E-state index in [1.165, 1.54) is 39.2 Å². The highest BCUT2D eigenvalue weighted by atomic mass is 79.9. The third-order valence-electron chi connectivity index (χ3n) is 3.89. The third kappa shape index (κ3) is 5.40. The fourth-order valence-corrected chi connectivity index (χ4v) is 4.08. The maximum absolute atomic E-state index is 12.4. The van der Waals surface area contributed by atoms with Crippen molar-refractivity contribution in [3.05, 3.63) is 64.1 Å². The Morgan fingerprint density at radius 2 is 1.79 bits per heavy atom. The third-order valence-corrected chi connectivity index (χ3v) is 6.70. The fourth-order valence-electron chi connectivity index (χ4n) is 2.24. The van der Waals surface area contributed by atoms with E-state index in [0.717, 1.165) is 9.87 Å². The molecule has 0 aliphatic heterocycles. The van der Waals surface area contributed by atoms with Crippen molar-refractivity contribution in [3.8, 4) is 0 Å². The number of sulfonamides is 1. The zero-order chi connectivity index (χ0) is 20.9. The molecule has 1 atom stereocenters. The van der Waals surface area contributed by atoms with E-state index >= 15 is 0 Å². The van der Waals surface area contributed by atoms with Crippen LogP contribution in [0.5, 0.6) is 0 Å². The molecule has 0 spiro atoms. The highest BCUT2D eigenvalue weighted by Gasteiger charge is 2.24. The monoisotopic (exact) mass is 468 g/mol. The number of hydrogen-bond donors (Lipinski definition) is 1. The minimum absolute atomic E-state index is 0.0336. The van der Waals surface area contributed by atoms with Crippen molar-refractivity contribution in [3.63, 3.8) is 0 Å². The highest BCUT2D eigenvalue weighted by molar-refractivity contribution is 9.10. The number of nitrogens with one attached hydrogen (secondary N) is 1. The van der Waals surface area contributed by atoms with E-state index in [4.69, 9.17) is 4.74 Å². The molecule has 0 saturated carbocycles. The number of amides is 1. The Labute approximate surface area is 172 Å². The maximum atomic E-state index is 12.4. The molecule has 0 heterocycles. The van der Waals surface area contributed by atoms with Crippen LogP contribution < -0.4 is 5.32 Å². The molecule has 2 aromatic rings. The van der Waals surface area contributed by atoms with Crippen LogP contribution in [0.3, 0.4) is 0 Å². The summed E-state index contributed by atoms with van der Waals surface area (Å²) in [6.45, 7) is 1.76. The lowest BCUT2D eigenvalue weighted by molar-refractivity contribution is -0.129. The first-order valence-electron chi connectivity index (χ1n) is 8.37. The largest absolute Gasteiger partial charge is 0.449 e. The first-order valence-corrected chi connectivity index (χ1v) is 10.6. The van der Waals surface area contributed by atoms with Gasteiger partial charge in [0.1, 0.15) is 0 Å². The van der Waals surface area contributed by atoms with Crippen molar-refractivity contribution in [1.29, 1.82) is 0 Å². The molecule has 0 aromatic heterocycles. The van der Waals surface area contributed by atoms with Gasteiger partial charge < -0.3 is 10.1 Å². The van der Waals surface area contributed by atoms with Crippen molar-refractivity contribution in [2.24, 2.45) is 0 Å². The van der Waals surface area contributed by atoms with Crippen LogP contribution in [0.15, 0.2) is 57.9 Å². The number of halogens is 1. The molecular formula is C19H21BrN2O5S. The summed E-state index contributed by atoms with van der Waals surface area (Å²) < 4.78 is 31.3. The van der Waals surface area contributed by atoms with E-state index in [9.17, 15) is 18.0 Å². The molecular weight excluding hydrogens is 448 g/mol. The summed E-state index contributed by atoms with van der Waals surface area (Å²) in [6.07, 6.45) is -1.03. The van der Waals surface area contributed by atoms with E-state index in [1.54, 1.807) is 0 Å². The summed E-state index contributed by atoms with van der Waals surface area (Å²) in [5.74, 6) is -1.24. The van der Waals surface area contributed by atoms with Crippen molar-refractivity contribution in [1.82, 2.24) is 9.62 Å². The normalized spacial score (nSPS) is 12.5. The highest BCUT2D eigenvalue weighted by Crippen LogP contribution is 2.25. The Hall–Kier alpha value is -2.23. The van der Waals surface area contributed by atoms with Gasteiger partial charge in [0.05, 0.1) is 10.5 Å². The molecule has 0 saturated heterocycles. The van der Waals surface area contributed by atoms with Crippen LogP contribution in [0, 0.1) is 0 Å². The first kappa shape index (κ1) is 22.1. The van der Waals surface area contributed by atoms with Crippen LogP contribution in [0.25, 0.3) is 0 Å². The van der Waals surface area contributed by atoms with Gasteiger partial charge in [-0.1, -0.05) is 30.3 Å². The number of carbonyl (C=O) groups is 2. The van der Waals surface area contributed by atoms with Gasteiger partial charge in [0.15, 0.2) is 6.10 Å².